The van der Waals surface area contributed by atoms with E-state index in [1.54, 1.807) is 56.6 Å². The maximum Gasteiger partial charge on any atom is 0.294 e. The molecule has 1 aliphatic heterocycles. The molecule has 1 saturated heterocycles. The summed E-state index contributed by atoms with van der Waals surface area (Å²) < 4.78 is 12.0. The first-order chi connectivity index (χ1) is 14.5. The molecule has 0 aliphatic carbocycles. The first-order valence-electron chi connectivity index (χ1n) is 9.61. The van der Waals surface area contributed by atoms with Crippen LogP contribution in [0.25, 0.3) is 11.2 Å². The number of carbonyl (C=O) groups is 1. The third kappa shape index (κ3) is 3.54. The Morgan fingerprint density at radius 3 is 2.33 bits per heavy atom. The minimum Gasteiger partial charge on any atom is -0.497 e. The molecule has 0 bridgehead atoms. The third-order valence-corrected chi connectivity index (χ3v) is 5.27. The number of carbonyl (C=O) groups excluding carboxylic acids is 1. The number of rotatable bonds is 4. The van der Waals surface area contributed by atoms with Crippen molar-refractivity contribution < 1.29 is 14.3 Å². The first kappa shape index (κ1) is 19.7. The number of ether oxygens (including phenoxy) is 2. The highest BCUT2D eigenvalue weighted by molar-refractivity contribution is 5.95. The minimum absolute atomic E-state index is 0.101. The average Bonchev–Trinajstić information content (AvgIpc) is 2.80. The van der Waals surface area contributed by atoms with Gasteiger partial charge in [0.05, 0.1) is 14.2 Å². The molecule has 1 aliphatic rings. The Morgan fingerprint density at radius 2 is 1.70 bits per heavy atom. The van der Waals surface area contributed by atoms with Gasteiger partial charge in [-0.2, -0.15) is 0 Å². The smallest absolute Gasteiger partial charge is 0.294 e. The van der Waals surface area contributed by atoms with E-state index in [0.29, 0.717) is 60.2 Å². The normalized spacial score (nSPS) is 14.1. The molecular weight excluding hydrogens is 386 g/mol. The number of amides is 1. The number of nitrogens with zero attached hydrogens (tertiary/aromatic N) is 5. The van der Waals surface area contributed by atoms with E-state index in [4.69, 9.17) is 9.47 Å². The van der Waals surface area contributed by atoms with Crippen LogP contribution in [0.2, 0.25) is 0 Å². The van der Waals surface area contributed by atoms with E-state index >= 15 is 0 Å². The fourth-order valence-corrected chi connectivity index (χ4v) is 3.58. The number of anilines is 1. The molecular formula is C21H23N5O4. The summed E-state index contributed by atoms with van der Waals surface area (Å²) in [7, 11) is 4.79. The van der Waals surface area contributed by atoms with Crippen LogP contribution in [0.4, 0.5) is 5.82 Å². The number of aromatic nitrogens is 3. The number of benzene rings is 1. The lowest BCUT2D eigenvalue weighted by Crippen LogP contribution is -2.50. The SMILES string of the molecule is COc1cc(OC)cc(C(=O)N2CCN(c3nc4cccnc4n(C)c3=O)CC2)c1. The Morgan fingerprint density at radius 1 is 1.03 bits per heavy atom. The molecule has 0 saturated carbocycles. The van der Waals surface area contributed by atoms with Gasteiger partial charge in [0.1, 0.15) is 17.0 Å². The molecule has 9 nitrogen and oxygen atoms in total. The van der Waals surface area contributed by atoms with E-state index in [9.17, 15) is 9.59 Å². The summed E-state index contributed by atoms with van der Waals surface area (Å²) in [4.78, 5) is 38.2. The van der Waals surface area contributed by atoms with Crippen molar-refractivity contribution in [1.82, 2.24) is 19.4 Å². The zero-order valence-corrected chi connectivity index (χ0v) is 17.2. The highest BCUT2D eigenvalue weighted by Crippen LogP contribution is 2.24. The summed E-state index contributed by atoms with van der Waals surface area (Å²) in [6.45, 7) is 1.99. The van der Waals surface area contributed by atoms with E-state index in [0.717, 1.165) is 0 Å². The predicted octanol–water partition coefficient (Wildman–Crippen LogP) is 1.31. The van der Waals surface area contributed by atoms with Gasteiger partial charge in [-0.1, -0.05) is 0 Å². The van der Waals surface area contributed by atoms with Crippen molar-refractivity contribution in [3.63, 3.8) is 0 Å². The van der Waals surface area contributed by atoms with Crippen molar-refractivity contribution in [3.8, 4) is 11.5 Å². The molecule has 0 atom stereocenters. The second-order valence-electron chi connectivity index (χ2n) is 7.03. The molecule has 1 aromatic carbocycles. The number of hydrogen-bond acceptors (Lipinski definition) is 7. The molecule has 0 spiro atoms. The zero-order chi connectivity index (χ0) is 21.3. The van der Waals surface area contributed by atoms with E-state index in [2.05, 4.69) is 9.97 Å². The lowest BCUT2D eigenvalue weighted by Gasteiger charge is -2.35. The number of piperazine rings is 1. The molecule has 4 rings (SSSR count). The van der Waals surface area contributed by atoms with Gasteiger partial charge in [0.2, 0.25) is 0 Å². The van der Waals surface area contributed by atoms with Gasteiger partial charge in [0.15, 0.2) is 11.5 Å². The largest absolute Gasteiger partial charge is 0.497 e. The zero-order valence-electron chi connectivity index (χ0n) is 17.2. The molecule has 3 heterocycles. The maximum atomic E-state index is 13.0. The Labute approximate surface area is 173 Å². The van der Waals surface area contributed by atoms with Gasteiger partial charge >= 0.3 is 0 Å². The number of pyridine rings is 1. The first-order valence-corrected chi connectivity index (χ1v) is 9.61. The molecule has 0 unspecified atom stereocenters. The number of hydrogen-bond donors (Lipinski definition) is 0. The summed E-state index contributed by atoms with van der Waals surface area (Å²) in [6.07, 6.45) is 1.64. The van der Waals surface area contributed by atoms with Crippen molar-refractivity contribution in [2.24, 2.45) is 7.05 Å². The van der Waals surface area contributed by atoms with Crippen molar-refractivity contribution in [3.05, 3.63) is 52.4 Å². The molecule has 9 heteroatoms. The van der Waals surface area contributed by atoms with E-state index < -0.39 is 0 Å². The number of aryl methyl sites for hydroxylation is 1. The van der Waals surface area contributed by atoms with Crippen LogP contribution in [0.15, 0.2) is 41.3 Å². The summed E-state index contributed by atoms with van der Waals surface area (Å²) in [5.74, 6) is 1.41. The van der Waals surface area contributed by atoms with Gasteiger partial charge in [0.25, 0.3) is 11.5 Å². The molecule has 1 fully saturated rings. The van der Waals surface area contributed by atoms with Gasteiger partial charge in [0, 0.05) is 51.1 Å². The van der Waals surface area contributed by atoms with Crippen molar-refractivity contribution in [2.75, 3.05) is 45.3 Å². The van der Waals surface area contributed by atoms with Crippen LogP contribution < -0.4 is 19.9 Å². The molecule has 3 aromatic rings. The molecule has 0 radical (unpaired) electrons. The third-order valence-electron chi connectivity index (χ3n) is 5.27. The number of fused-ring (bicyclic) bond motifs is 1. The lowest BCUT2D eigenvalue weighted by atomic mass is 10.1. The summed E-state index contributed by atoms with van der Waals surface area (Å²) in [5, 5.41) is 0. The molecule has 2 aromatic heterocycles. The van der Waals surface area contributed by atoms with E-state index in [-0.39, 0.29) is 11.5 Å². The van der Waals surface area contributed by atoms with Crippen LogP contribution >= 0.6 is 0 Å². The van der Waals surface area contributed by atoms with Gasteiger partial charge in [-0.15, -0.1) is 0 Å². The van der Waals surface area contributed by atoms with Gasteiger partial charge in [-0.25, -0.2) is 9.97 Å². The topological polar surface area (TPSA) is 89.8 Å². The lowest BCUT2D eigenvalue weighted by molar-refractivity contribution is 0.0745. The second kappa shape index (κ2) is 8.02. The van der Waals surface area contributed by atoms with Crippen LogP contribution in [0.1, 0.15) is 10.4 Å². The molecule has 1 amide bonds. The standard InChI is InChI=1S/C21H23N5O4/c1-24-18-17(5-4-6-22-18)23-19(21(24)28)25-7-9-26(10-8-25)20(27)14-11-15(29-2)13-16(12-14)30-3/h4-6,11-13H,7-10H2,1-3H3. The Hall–Kier alpha value is -3.62. The average molecular weight is 409 g/mol. The van der Waals surface area contributed by atoms with Crippen LogP contribution in [-0.2, 0) is 7.05 Å². The minimum atomic E-state index is -0.196. The fourth-order valence-electron chi connectivity index (χ4n) is 3.58. The molecule has 30 heavy (non-hydrogen) atoms. The Balaban J connectivity index is 1.53. The van der Waals surface area contributed by atoms with Crippen molar-refractivity contribution in [2.45, 2.75) is 0 Å². The van der Waals surface area contributed by atoms with Crippen molar-refractivity contribution >= 4 is 22.9 Å². The highest BCUT2D eigenvalue weighted by Gasteiger charge is 2.26. The van der Waals surface area contributed by atoms with Crippen LogP contribution in [0, 0.1) is 0 Å². The van der Waals surface area contributed by atoms with Gasteiger partial charge in [-0.3, -0.25) is 14.2 Å². The predicted molar refractivity (Wildman–Crippen MR) is 112 cm³/mol. The summed E-state index contributed by atoms with van der Waals surface area (Å²) >= 11 is 0. The summed E-state index contributed by atoms with van der Waals surface area (Å²) in [6, 6.07) is 8.75. The fraction of sp³-hybridized carbons (Fsp3) is 0.333. The van der Waals surface area contributed by atoms with Crippen LogP contribution in [0.3, 0.4) is 0 Å². The Bertz CT molecular complexity index is 1130. The highest BCUT2D eigenvalue weighted by atomic mass is 16.5. The van der Waals surface area contributed by atoms with Crippen LogP contribution in [-0.4, -0.2) is 65.7 Å². The maximum absolute atomic E-state index is 13.0. The molecule has 0 N–H and O–H groups in total. The quantitative estimate of drug-likeness (QED) is 0.642. The van der Waals surface area contributed by atoms with Crippen molar-refractivity contribution in [1.29, 1.82) is 0 Å². The van der Waals surface area contributed by atoms with Gasteiger partial charge in [-0.05, 0) is 24.3 Å². The second-order valence-corrected chi connectivity index (χ2v) is 7.03. The van der Waals surface area contributed by atoms with Crippen LogP contribution in [0.5, 0.6) is 11.5 Å². The number of methoxy groups -OCH3 is 2. The molecule has 156 valence electrons. The summed E-state index contributed by atoms with van der Waals surface area (Å²) in [5.41, 5.74) is 1.52. The monoisotopic (exact) mass is 409 g/mol. The van der Waals surface area contributed by atoms with Gasteiger partial charge < -0.3 is 19.3 Å². The Kier molecular flexibility index (Phi) is 5.26. The van der Waals surface area contributed by atoms with E-state index in [1.807, 2.05) is 11.0 Å². The van der Waals surface area contributed by atoms with E-state index in [1.165, 1.54) is 4.57 Å².